The van der Waals surface area contributed by atoms with E-state index in [-0.39, 0.29) is 18.1 Å². The number of ether oxygens (including phenoxy) is 2. The summed E-state index contributed by atoms with van der Waals surface area (Å²) in [5.41, 5.74) is 0.888. The van der Waals surface area contributed by atoms with Crippen LogP contribution in [0.1, 0.15) is 6.92 Å². The van der Waals surface area contributed by atoms with Crippen molar-refractivity contribution in [3.05, 3.63) is 54.6 Å². The van der Waals surface area contributed by atoms with E-state index in [0.29, 0.717) is 13.2 Å². The fraction of sp³-hybridized carbons (Fsp3) is 0.350. The van der Waals surface area contributed by atoms with Crippen molar-refractivity contribution in [1.82, 2.24) is 4.90 Å². The van der Waals surface area contributed by atoms with Crippen molar-refractivity contribution in [2.75, 3.05) is 32.1 Å². The highest BCUT2D eigenvalue weighted by molar-refractivity contribution is 5.96. The minimum atomic E-state index is -0.258. The predicted octanol–water partition coefficient (Wildman–Crippen LogP) is 2.81. The number of nitrogens with zero attached hydrogens (tertiary/aromatic N) is 2. The first-order valence-corrected chi connectivity index (χ1v) is 8.47. The number of carbonyl (C=O) groups is 1. The molecule has 2 atom stereocenters. The van der Waals surface area contributed by atoms with Gasteiger partial charge in [0.25, 0.3) is 0 Å². The van der Waals surface area contributed by atoms with Gasteiger partial charge in [0.2, 0.25) is 5.91 Å². The molecular formula is C20H24N2O3. The summed E-state index contributed by atoms with van der Waals surface area (Å²) in [6.07, 6.45) is -0.0998. The molecule has 0 bridgehead atoms. The van der Waals surface area contributed by atoms with Crippen molar-refractivity contribution in [2.45, 2.75) is 19.1 Å². The first-order chi connectivity index (χ1) is 12.1. The molecule has 0 saturated carbocycles. The van der Waals surface area contributed by atoms with Crippen LogP contribution in [-0.2, 0) is 4.79 Å². The highest BCUT2D eigenvalue weighted by Crippen LogP contribution is 2.31. The molecular weight excluding hydrogens is 316 g/mol. The number of likely N-dealkylation sites (N-methyl/N-ethyl adjacent to an activating group) is 2. The highest BCUT2D eigenvalue weighted by Gasteiger charge is 2.27. The van der Waals surface area contributed by atoms with Crippen LogP contribution in [0.3, 0.4) is 0 Å². The molecule has 0 fully saturated rings. The van der Waals surface area contributed by atoms with E-state index < -0.39 is 0 Å². The maximum absolute atomic E-state index is 12.7. The number of rotatable bonds is 5. The summed E-state index contributed by atoms with van der Waals surface area (Å²) in [7, 11) is 3.74. The van der Waals surface area contributed by atoms with Gasteiger partial charge < -0.3 is 14.4 Å². The van der Waals surface area contributed by atoms with E-state index >= 15 is 0 Å². The van der Waals surface area contributed by atoms with Crippen molar-refractivity contribution in [1.29, 1.82) is 0 Å². The lowest BCUT2D eigenvalue weighted by Gasteiger charge is -2.33. The van der Waals surface area contributed by atoms with Gasteiger partial charge in [-0.15, -0.1) is 0 Å². The summed E-state index contributed by atoms with van der Waals surface area (Å²) in [4.78, 5) is 16.4. The number of hydrogen-bond acceptors (Lipinski definition) is 4. The Labute approximate surface area is 148 Å². The van der Waals surface area contributed by atoms with Gasteiger partial charge >= 0.3 is 0 Å². The van der Waals surface area contributed by atoms with E-state index in [1.54, 1.807) is 11.9 Å². The lowest BCUT2D eigenvalue weighted by Crippen LogP contribution is -2.49. The van der Waals surface area contributed by atoms with Gasteiger partial charge in [0.05, 0.1) is 6.04 Å². The van der Waals surface area contributed by atoms with Gasteiger partial charge in [0, 0.05) is 19.3 Å². The normalized spacial score (nSPS) is 17.2. The van der Waals surface area contributed by atoms with E-state index in [1.165, 1.54) is 0 Å². The van der Waals surface area contributed by atoms with E-state index in [1.807, 2.05) is 73.5 Å². The molecule has 5 nitrogen and oxygen atoms in total. The number of hydrogen-bond donors (Lipinski definition) is 0. The van der Waals surface area contributed by atoms with Gasteiger partial charge in [-0.25, -0.2) is 0 Å². The Morgan fingerprint density at radius 1 is 1.08 bits per heavy atom. The lowest BCUT2D eigenvalue weighted by molar-refractivity contribution is -0.123. The van der Waals surface area contributed by atoms with Crippen molar-refractivity contribution in [3.8, 4) is 11.5 Å². The molecule has 0 saturated heterocycles. The zero-order chi connectivity index (χ0) is 17.8. The SMILES string of the molecule is C[C@@H](C(=O)N(C)c1ccccc1)N(C)C[C@@H]1COc2ccccc2O1. The molecule has 3 rings (SSSR count). The van der Waals surface area contributed by atoms with Crippen LogP contribution in [0.25, 0.3) is 0 Å². The molecule has 1 aliphatic heterocycles. The fourth-order valence-electron chi connectivity index (χ4n) is 2.88. The number of benzene rings is 2. The van der Waals surface area contributed by atoms with Gasteiger partial charge in [-0.2, -0.15) is 0 Å². The fourth-order valence-corrected chi connectivity index (χ4v) is 2.88. The molecule has 0 spiro atoms. The van der Waals surface area contributed by atoms with Gasteiger partial charge in [0.15, 0.2) is 11.5 Å². The number of carbonyl (C=O) groups excluding carboxylic acids is 1. The Bertz CT molecular complexity index is 720. The van der Waals surface area contributed by atoms with Crippen molar-refractivity contribution >= 4 is 11.6 Å². The quantitative estimate of drug-likeness (QED) is 0.839. The second kappa shape index (κ2) is 7.57. The summed E-state index contributed by atoms with van der Waals surface area (Å²) in [6.45, 7) is 3.01. The molecule has 2 aromatic carbocycles. The first kappa shape index (κ1) is 17.3. The van der Waals surface area contributed by atoms with Crippen LogP contribution in [0.2, 0.25) is 0 Å². The van der Waals surface area contributed by atoms with Crippen LogP contribution in [0, 0.1) is 0 Å². The van der Waals surface area contributed by atoms with Gasteiger partial charge in [-0.3, -0.25) is 9.69 Å². The summed E-state index contributed by atoms with van der Waals surface area (Å²) in [5.74, 6) is 1.58. The molecule has 1 heterocycles. The van der Waals surface area contributed by atoms with E-state index in [0.717, 1.165) is 17.2 Å². The van der Waals surface area contributed by atoms with Crippen molar-refractivity contribution in [3.63, 3.8) is 0 Å². The molecule has 0 aromatic heterocycles. The monoisotopic (exact) mass is 340 g/mol. The third kappa shape index (κ3) is 3.94. The highest BCUT2D eigenvalue weighted by atomic mass is 16.6. The smallest absolute Gasteiger partial charge is 0.243 e. The lowest BCUT2D eigenvalue weighted by atomic mass is 10.2. The van der Waals surface area contributed by atoms with Crippen molar-refractivity contribution in [2.24, 2.45) is 0 Å². The third-order valence-corrected chi connectivity index (χ3v) is 4.55. The van der Waals surface area contributed by atoms with Gasteiger partial charge in [-0.1, -0.05) is 30.3 Å². The third-order valence-electron chi connectivity index (χ3n) is 4.55. The molecule has 0 radical (unpaired) electrons. The maximum atomic E-state index is 12.7. The zero-order valence-corrected chi connectivity index (χ0v) is 14.9. The standard InChI is InChI=1S/C20H24N2O3/c1-15(20(23)22(3)16-9-5-4-6-10-16)21(2)13-17-14-24-18-11-7-8-12-19(18)25-17/h4-12,15,17H,13-14H2,1-3H3/t15-,17+/m0/s1. The second-order valence-corrected chi connectivity index (χ2v) is 6.35. The van der Waals surface area contributed by atoms with E-state index in [9.17, 15) is 4.79 Å². The van der Waals surface area contributed by atoms with Gasteiger partial charge in [0.1, 0.15) is 12.7 Å². The largest absolute Gasteiger partial charge is 0.486 e. The van der Waals surface area contributed by atoms with Crippen LogP contribution >= 0.6 is 0 Å². The van der Waals surface area contributed by atoms with Crippen molar-refractivity contribution < 1.29 is 14.3 Å². The van der Waals surface area contributed by atoms with Crippen LogP contribution in [0.15, 0.2) is 54.6 Å². The maximum Gasteiger partial charge on any atom is 0.243 e. The average Bonchev–Trinajstić information content (AvgIpc) is 2.66. The van der Waals surface area contributed by atoms with E-state index in [4.69, 9.17) is 9.47 Å². The summed E-state index contributed by atoms with van der Waals surface area (Å²) < 4.78 is 11.7. The van der Waals surface area contributed by atoms with Crippen LogP contribution in [-0.4, -0.2) is 50.2 Å². The molecule has 0 N–H and O–H groups in total. The molecule has 132 valence electrons. The van der Waals surface area contributed by atoms with Crippen LogP contribution in [0.4, 0.5) is 5.69 Å². The minimum Gasteiger partial charge on any atom is -0.486 e. The Kier molecular flexibility index (Phi) is 5.24. The summed E-state index contributed by atoms with van der Waals surface area (Å²) >= 11 is 0. The predicted molar refractivity (Wildman–Crippen MR) is 98.3 cm³/mol. The number of para-hydroxylation sites is 3. The average molecular weight is 340 g/mol. The number of amides is 1. The molecule has 5 heteroatoms. The Morgan fingerprint density at radius 2 is 1.72 bits per heavy atom. The molecule has 2 aromatic rings. The Morgan fingerprint density at radius 3 is 2.44 bits per heavy atom. The van der Waals surface area contributed by atoms with Crippen LogP contribution < -0.4 is 14.4 Å². The first-order valence-electron chi connectivity index (χ1n) is 8.47. The van der Waals surface area contributed by atoms with Crippen LogP contribution in [0.5, 0.6) is 11.5 Å². The second-order valence-electron chi connectivity index (χ2n) is 6.35. The zero-order valence-electron chi connectivity index (χ0n) is 14.9. The Balaban J connectivity index is 1.59. The Hall–Kier alpha value is -2.53. The number of anilines is 1. The molecule has 1 amide bonds. The summed E-state index contributed by atoms with van der Waals surface area (Å²) in [6, 6.07) is 17.1. The number of fused-ring (bicyclic) bond motifs is 1. The summed E-state index contributed by atoms with van der Waals surface area (Å²) in [5, 5.41) is 0. The van der Waals surface area contributed by atoms with E-state index in [2.05, 4.69) is 0 Å². The van der Waals surface area contributed by atoms with Gasteiger partial charge in [-0.05, 0) is 38.2 Å². The molecule has 0 unspecified atom stereocenters. The topological polar surface area (TPSA) is 42.0 Å². The molecule has 1 aliphatic rings. The minimum absolute atomic E-state index is 0.0471. The molecule has 0 aliphatic carbocycles. The molecule has 25 heavy (non-hydrogen) atoms.